The van der Waals surface area contributed by atoms with Crippen molar-refractivity contribution in [3.8, 4) is 5.75 Å². The minimum Gasteiger partial charge on any atom is -0.497 e. The normalized spacial score (nSPS) is 10.3. The second kappa shape index (κ2) is 6.88. The van der Waals surface area contributed by atoms with Crippen molar-refractivity contribution in [2.24, 2.45) is 0 Å². The molecule has 0 aliphatic rings. The summed E-state index contributed by atoms with van der Waals surface area (Å²) >= 11 is 0. The second-order valence-corrected chi connectivity index (χ2v) is 4.60. The Hall–Kier alpha value is -2.37. The number of nitrogens with one attached hydrogen (secondary N) is 1. The van der Waals surface area contributed by atoms with E-state index in [0.717, 1.165) is 11.3 Å². The molecule has 0 radical (unpaired) electrons. The fourth-order valence-electron chi connectivity index (χ4n) is 1.95. The Morgan fingerprint density at radius 1 is 1.29 bits per heavy atom. The fourth-order valence-corrected chi connectivity index (χ4v) is 1.95. The molecule has 0 aliphatic carbocycles. The van der Waals surface area contributed by atoms with Gasteiger partial charge in [-0.1, -0.05) is 12.1 Å². The molecule has 0 bridgehead atoms. The number of benzene rings is 1. The van der Waals surface area contributed by atoms with Gasteiger partial charge in [-0.25, -0.2) is 9.37 Å². The number of nitrogens with zero attached hydrogens (tertiary/aromatic N) is 3. The maximum absolute atomic E-state index is 13.9. The summed E-state index contributed by atoms with van der Waals surface area (Å²) in [6.45, 7) is 3.17. The van der Waals surface area contributed by atoms with Gasteiger partial charge in [0.1, 0.15) is 5.75 Å². The average Bonchev–Trinajstić information content (AvgIpc) is 2.50. The van der Waals surface area contributed by atoms with E-state index >= 15 is 0 Å². The van der Waals surface area contributed by atoms with Crippen LogP contribution in [-0.4, -0.2) is 30.7 Å². The van der Waals surface area contributed by atoms with Crippen LogP contribution in [0.3, 0.4) is 0 Å². The Kier molecular flexibility index (Phi) is 4.92. The van der Waals surface area contributed by atoms with E-state index in [0.29, 0.717) is 19.0 Å². The zero-order valence-electron chi connectivity index (χ0n) is 12.4. The topological polar surface area (TPSA) is 50.3 Å². The average molecular weight is 290 g/mol. The van der Waals surface area contributed by atoms with Crippen molar-refractivity contribution in [2.75, 3.05) is 30.9 Å². The second-order valence-electron chi connectivity index (χ2n) is 4.60. The third-order valence-corrected chi connectivity index (χ3v) is 3.00. The molecule has 0 atom stereocenters. The fraction of sp³-hybridized carbons (Fsp3) is 0.333. The zero-order valence-corrected chi connectivity index (χ0v) is 12.4. The summed E-state index contributed by atoms with van der Waals surface area (Å²) in [7, 11) is 3.42. The van der Waals surface area contributed by atoms with Crippen molar-refractivity contribution in [1.82, 2.24) is 9.97 Å². The summed E-state index contributed by atoms with van der Waals surface area (Å²) in [5.41, 5.74) is 1.04. The van der Waals surface area contributed by atoms with Crippen LogP contribution in [0.25, 0.3) is 0 Å². The van der Waals surface area contributed by atoms with E-state index in [1.165, 1.54) is 6.20 Å². The van der Waals surface area contributed by atoms with Gasteiger partial charge in [0, 0.05) is 20.1 Å². The lowest BCUT2D eigenvalue weighted by Crippen LogP contribution is -2.20. The maximum atomic E-state index is 13.9. The van der Waals surface area contributed by atoms with E-state index in [1.807, 2.05) is 31.2 Å². The summed E-state index contributed by atoms with van der Waals surface area (Å²) in [4.78, 5) is 9.85. The van der Waals surface area contributed by atoms with Gasteiger partial charge in [-0.3, -0.25) is 0 Å². The van der Waals surface area contributed by atoms with Crippen molar-refractivity contribution in [3.05, 3.63) is 41.8 Å². The van der Waals surface area contributed by atoms with Crippen molar-refractivity contribution >= 4 is 11.8 Å². The van der Waals surface area contributed by atoms with E-state index in [-0.39, 0.29) is 5.82 Å². The molecule has 1 aromatic carbocycles. The minimum atomic E-state index is -0.437. The number of methoxy groups -OCH3 is 1. The molecular formula is C15H19FN4O. The SMILES string of the molecule is CCNc1ncc(F)c(N(C)Cc2ccc(OC)cc2)n1. The Morgan fingerprint density at radius 2 is 2.00 bits per heavy atom. The molecule has 0 saturated heterocycles. The molecule has 0 fully saturated rings. The van der Waals surface area contributed by atoms with Gasteiger partial charge in [0.2, 0.25) is 5.95 Å². The number of anilines is 2. The van der Waals surface area contributed by atoms with Crippen LogP contribution in [0.4, 0.5) is 16.2 Å². The molecule has 2 rings (SSSR count). The van der Waals surface area contributed by atoms with Gasteiger partial charge in [0.05, 0.1) is 13.3 Å². The molecule has 1 N–H and O–H groups in total. The predicted molar refractivity (Wildman–Crippen MR) is 81.3 cm³/mol. The van der Waals surface area contributed by atoms with Crippen LogP contribution in [0.1, 0.15) is 12.5 Å². The van der Waals surface area contributed by atoms with Crippen LogP contribution >= 0.6 is 0 Å². The van der Waals surface area contributed by atoms with Crippen LogP contribution in [0, 0.1) is 5.82 Å². The van der Waals surface area contributed by atoms with Crippen LogP contribution in [0.15, 0.2) is 30.5 Å². The van der Waals surface area contributed by atoms with Crippen LogP contribution < -0.4 is 15.0 Å². The Balaban J connectivity index is 2.14. The summed E-state index contributed by atoms with van der Waals surface area (Å²) in [6, 6.07) is 7.65. The van der Waals surface area contributed by atoms with Crippen LogP contribution in [0.5, 0.6) is 5.75 Å². The summed E-state index contributed by atoms with van der Waals surface area (Å²) < 4.78 is 19.0. The Morgan fingerprint density at radius 3 is 2.62 bits per heavy atom. The van der Waals surface area contributed by atoms with E-state index in [4.69, 9.17) is 4.74 Å². The highest BCUT2D eigenvalue weighted by Crippen LogP contribution is 2.19. The first-order valence-corrected chi connectivity index (χ1v) is 6.74. The maximum Gasteiger partial charge on any atom is 0.224 e. The van der Waals surface area contributed by atoms with E-state index in [2.05, 4.69) is 15.3 Å². The molecular weight excluding hydrogens is 271 g/mol. The first-order valence-electron chi connectivity index (χ1n) is 6.74. The quantitative estimate of drug-likeness (QED) is 0.886. The number of ether oxygens (including phenoxy) is 1. The molecule has 0 amide bonds. The molecule has 6 heteroatoms. The van der Waals surface area contributed by atoms with E-state index in [9.17, 15) is 4.39 Å². The smallest absolute Gasteiger partial charge is 0.224 e. The highest BCUT2D eigenvalue weighted by molar-refractivity contribution is 5.44. The van der Waals surface area contributed by atoms with Crippen LogP contribution in [0.2, 0.25) is 0 Å². The molecule has 0 spiro atoms. The summed E-state index contributed by atoms with van der Waals surface area (Å²) in [6.07, 6.45) is 1.19. The molecule has 1 aromatic heterocycles. The lowest BCUT2D eigenvalue weighted by atomic mass is 10.2. The molecule has 0 aliphatic heterocycles. The zero-order chi connectivity index (χ0) is 15.2. The molecule has 21 heavy (non-hydrogen) atoms. The standard InChI is InChI=1S/C15H19FN4O/c1-4-17-15-18-9-13(16)14(19-15)20(2)10-11-5-7-12(21-3)8-6-11/h5-9H,4,10H2,1-3H3,(H,17,18,19). The highest BCUT2D eigenvalue weighted by atomic mass is 19.1. The summed E-state index contributed by atoms with van der Waals surface area (Å²) in [5.74, 6) is 1.06. The first kappa shape index (κ1) is 15.0. The number of aromatic nitrogens is 2. The van der Waals surface area contributed by atoms with Gasteiger partial charge in [0.15, 0.2) is 11.6 Å². The first-order chi connectivity index (χ1) is 10.1. The van der Waals surface area contributed by atoms with E-state index < -0.39 is 5.82 Å². The number of hydrogen-bond acceptors (Lipinski definition) is 5. The van der Waals surface area contributed by atoms with Crippen molar-refractivity contribution in [2.45, 2.75) is 13.5 Å². The van der Waals surface area contributed by atoms with E-state index in [1.54, 1.807) is 19.1 Å². The lowest BCUT2D eigenvalue weighted by molar-refractivity contribution is 0.414. The van der Waals surface area contributed by atoms with Gasteiger partial charge in [-0.15, -0.1) is 0 Å². The number of halogens is 1. The Labute approximate surface area is 123 Å². The van der Waals surface area contributed by atoms with Crippen molar-refractivity contribution in [1.29, 1.82) is 0 Å². The Bertz CT molecular complexity index is 589. The van der Waals surface area contributed by atoms with Gasteiger partial charge in [-0.2, -0.15) is 4.98 Å². The van der Waals surface area contributed by atoms with Crippen LogP contribution in [-0.2, 0) is 6.54 Å². The third-order valence-electron chi connectivity index (χ3n) is 3.00. The monoisotopic (exact) mass is 290 g/mol. The molecule has 2 aromatic rings. The van der Waals surface area contributed by atoms with Gasteiger partial charge >= 0.3 is 0 Å². The predicted octanol–water partition coefficient (Wildman–Crippen LogP) is 2.69. The third kappa shape index (κ3) is 3.81. The molecule has 112 valence electrons. The number of hydrogen-bond donors (Lipinski definition) is 1. The molecule has 0 saturated carbocycles. The highest BCUT2D eigenvalue weighted by Gasteiger charge is 2.12. The van der Waals surface area contributed by atoms with Gasteiger partial charge in [0.25, 0.3) is 0 Å². The lowest BCUT2D eigenvalue weighted by Gasteiger charge is -2.19. The van der Waals surface area contributed by atoms with Gasteiger partial charge < -0.3 is 15.0 Å². The van der Waals surface area contributed by atoms with Gasteiger partial charge in [-0.05, 0) is 24.6 Å². The van der Waals surface area contributed by atoms with Crippen molar-refractivity contribution < 1.29 is 9.13 Å². The summed E-state index contributed by atoms with van der Waals surface area (Å²) in [5, 5.41) is 2.98. The largest absolute Gasteiger partial charge is 0.497 e. The minimum absolute atomic E-state index is 0.275. The number of rotatable bonds is 6. The molecule has 1 heterocycles. The molecule has 0 unspecified atom stereocenters. The van der Waals surface area contributed by atoms with Crippen molar-refractivity contribution in [3.63, 3.8) is 0 Å². The molecule has 5 nitrogen and oxygen atoms in total.